The zero-order chi connectivity index (χ0) is 16.1. The number of aromatic hydroxyl groups is 1. The predicted molar refractivity (Wildman–Crippen MR) is 86.7 cm³/mol. The van der Waals surface area contributed by atoms with Gasteiger partial charge in [-0.3, -0.25) is 15.5 Å². The smallest absolute Gasteiger partial charge is 0.294 e. The number of rotatable bonds is 5. The number of methoxy groups -OCH3 is 1. The number of hydrogen-bond donors (Lipinski definition) is 2. The van der Waals surface area contributed by atoms with Crippen LogP contribution in [-0.2, 0) is 0 Å². The molecule has 0 aromatic heterocycles. The SMILES string of the molecule is COc1cc(Br)cc(/C=N/Nc2ccccc2[N+](=O)[O-])c1O. The molecule has 0 aliphatic heterocycles. The van der Waals surface area contributed by atoms with Crippen molar-refractivity contribution < 1.29 is 14.8 Å². The van der Waals surface area contributed by atoms with Crippen LogP contribution in [0.1, 0.15) is 5.56 Å². The maximum Gasteiger partial charge on any atom is 0.294 e. The second-order valence-electron chi connectivity index (χ2n) is 4.19. The first kappa shape index (κ1) is 15.8. The summed E-state index contributed by atoms with van der Waals surface area (Å²) in [5, 5.41) is 24.8. The summed E-state index contributed by atoms with van der Waals surface area (Å²) in [6.07, 6.45) is 1.35. The molecule has 2 rings (SSSR count). The van der Waals surface area contributed by atoms with E-state index in [9.17, 15) is 15.2 Å². The summed E-state index contributed by atoms with van der Waals surface area (Å²) in [5.41, 5.74) is 3.16. The Kier molecular flexibility index (Phi) is 4.95. The lowest BCUT2D eigenvalue weighted by Gasteiger charge is -2.07. The topological polar surface area (TPSA) is 97.0 Å². The Labute approximate surface area is 134 Å². The van der Waals surface area contributed by atoms with Crippen LogP contribution in [0.2, 0.25) is 0 Å². The lowest BCUT2D eigenvalue weighted by Crippen LogP contribution is -1.97. The quantitative estimate of drug-likeness (QED) is 0.480. The van der Waals surface area contributed by atoms with Gasteiger partial charge in [-0.1, -0.05) is 28.1 Å². The molecule has 0 radical (unpaired) electrons. The summed E-state index contributed by atoms with van der Waals surface area (Å²) >= 11 is 3.29. The lowest BCUT2D eigenvalue weighted by molar-refractivity contribution is -0.384. The normalized spacial score (nSPS) is 10.6. The van der Waals surface area contributed by atoms with Gasteiger partial charge in [-0.05, 0) is 18.2 Å². The third-order valence-corrected chi connectivity index (χ3v) is 3.24. The Hall–Kier alpha value is -2.61. The van der Waals surface area contributed by atoms with Crippen molar-refractivity contribution in [3.8, 4) is 11.5 Å². The minimum absolute atomic E-state index is 0.0705. The van der Waals surface area contributed by atoms with E-state index in [4.69, 9.17) is 4.74 Å². The monoisotopic (exact) mass is 365 g/mol. The fourth-order valence-electron chi connectivity index (χ4n) is 1.75. The van der Waals surface area contributed by atoms with E-state index in [2.05, 4.69) is 26.5 Å². The number of phenols is 1. The molecule has 0 bridgehead atoms. The van der Waals surface area contributed by atoms with Crippen LogP contribution in [0.15, 0.2) is 46.0 Å². The lowest BCUT2D eigenvalue weighted by atomic mass is 10.2. The summed E-state index contributed by atoms with van der Waals surface area (Å²) in [7, 11) is 1.44. The Bertz CT molecular complexity index is 734. The minimum Gasteiger partial charge on any atom is -0.504 e. The van der Waals surface area contributed by atoms with Crippen molar-refractivity contribution in [2.45, 2.75) is 0 Å². The van der Waals surface area contributed by atoms with Crippen LogP contribution in [0.3, 0.4) is 0 Å². The third-order valence-electron chi connectivity index (χ3n) is 2.78. The van der Waals surface area contributed by atoms with Crippen molar-refractivity contribution in [1.82, 2.24) is 0 Å². The number of para-hydroxylation sites is 2. The van der Waals surface area contributed by atoms with Gasteiger partial charge in [0.15, 0.2) is 11.5 Å². The van der Waals surface area contributed by atoms with E-state index >= 15 is 0 Å². The number of ether oxygens (including phenoxy) is 1. The second kappa shape index (κ2) is 6.90. The predicted octanol–water partition coefficient (Wildman–Crippen LogP) is 3.52. The fourth-order valence-corrected chi connectivity index (χ4v) is 2.20. The molecule has 0 saturated heterocycles. The molecule has 2 aromatic carbocycles. The summed E-state index contributed by atoms with van der Waals surface area (Å²) < 4.78 is 5.73. The number of benzene rings is 2. The molecule has 0 fully saturated rings. The zero-order valence-electron chi connectivity index (χ0n) is 11.5. The van der Waals surface area contributed by atoms with Crippen LogP contribution >= 0.6 is 15.9 Å². The number of hydrazone groups is 1. The van der Waals surface area contributed by atoms with Crippen molar-refractivity contribution in [3.05, 3.63) is 56.5 Å². The molecule has 0 unspecified atom stereocenters. The first-order valence-corrected chi connectivity index (χ1v) is 6.91. The van der Waals surface area contributed by atoms with E-state index in [1.54, 1.807) is 24.3 Å². The molecule has 0 saturated carbocycles. The second-order valence-corrected chi connectivity index (χ2v) is 5.11. The maximum absolute atomic E-state index is 10.9. The summed E-state index contributed by atoms with van der Waals surface area (Å²) in [4.78, 5) is 10.4. The van der Waals surface area contributed by atoms with Gasteiger partial charge in [-0.2, -0.15) is 5.10 Å². The zero-order valence-corrected chi connectivity index (χ0v) is 13.1. The van der Waals surface area contributed by atoms with Crippen LogP contribution in [0.4, 0.5) is 11.4 Å². The molecule has 0 spiro atoms. The fraction of sp³-hybridized carbons (Fsp3) is 0.0714. The summed E-state index contributed by atoms with van der Waals surface area (Å²) in [6.45, 7) is 0. The molecule has 0 aliphatic carbocycles. The Morgan fingerprint density at radius 3 is 2.82 bits per heavy atom. The Balaban J connectivity index is 2.24. The van der Waals surface area contributed by atoms with Gasteiger partial charge < -0.3 is 9.84 Å². The number of nitrogens with one attached hydrogen (secondary N) is 1. The third kappa shape index (κ3) is 3.53. The van der Waals surface area contributed by atoms with Gasteiger partial charge >= 0.3 is 0 Å². The number of hydrogen-bond acceptors (Lipinski definition) is 6. The van der Waals surface area contributed by atoms with E-state index in [0.717, 1.165) is 0 Å². The van der Waals surface area contributed by atoms with E-state index in [0.29, 0.717) is 15.8 Å². The Morgan fingerprint density at radius 1 is 1.41 bits per heavy atom. The minimum atomic E-state index is -0.503. The van der Waals surface area contributed by atoms with Crippen LogP contribution in [-0.4, -0.2) is 23.4 Å². The molecule has 0 aliphatic rings. The van der Waals surface area contributed by atoms with E-state index in [1.165, 1.54) is 25.5 Å². The molecule has 22 heavy (non-hydrogen) atoms. The van der Waals surface area contributed by atoms with Gasteiger partial charge in [0.25, 0.3) is 5.69 Å². The van der Waals surface area contributed by atoms with Crippen LogP contribution in [0.25, 0.3) is 0 Å². The largest absolute Gasteiger partial charge is 0.504 e. The standard InChI is InChI=1S/C14H12BrN3O4/c1-22-13-7-10(15)6-9(14(13)19)8-16-17-11-4-2-3-5-12(11)18(20)21/h2-8,17,19H,1H3/b16-8+. The van der Waals surface area contributed by atoms with Crippen molar-refractivity contribution in [1.29, 1.82) is 0 Å². The van der Waals surface area contributed by atoms with E-state index in [1.807, 2.05) is 0 Å². The summed E-state index contributed by atoms with van der Waals surface area (Å²) in [6, 6.07) is 9.39. The molecule has 7 nitrogen and oxygen atoms in total. The van der Waals surface area contributed by atoms with Crippen molar-refractivity contribution in [2.75, 3.05) is 12.5 Å². The number of nitrogens with zero attached hydrogens (tertiary/aromatic N) is 2. The Morgan fingerprint density at radius 2 is 2.14 bits per heavy atom. The molecule has 0 heterocycles. The molecule has 8 heteroatoms. The molecular formula is C14H12BrN3O4. The molecular weight excluding hydrogens is 354 g/mol. The number of nitro benzene ring substituents is 1. The average molecular weight is 366 g/mol. The summed E-state index contributed by atoms with van der Waals surface area (Å²) in [5.74, 6) is 0.223. The van der Waals surface area contributed by atoms with Gasteiger partial charge in [0.1, 0.15) is 5.69 Å². The molecule has 0 atom stereocenters. The first-order valence-electron chi connectivity index (χ1n) is 6.12. The van der Waals surface area contributed by atoms with Crippen molar-refractivity contribution >= 4 is 33.5 Å². The van der Waals surface area contributed by atoms with Gasteiger partial charge in [0.2, 0.25) is 0 Å². The van der Waals surface area contributed by atoms with E-state index < -0.39 is 4.92 Å². The van der Waals surface area contributed by atoms with Crippen LogP contribution in [0, 0.1) is 10.1 Å². The van der Waals surface area contributed by atoms with E-state index in [-0.39, 0.29) is 17.1 Å². The number of nitro groups is 1. The van der Waals surface area contributed by atoms with Gasteiger partial charge in [0, 0.05) is 16.1 Å². The van der Waals surface area contributed by atoms with Gasteiger partial charge in [-0.25, -0.2) is 0 Å². The van der Waals surface area contributed by atoms with Crippen LogP contribution in [0.5, 0.6) is 11.5 Å². The molecule has 114 valence electrons. The molecule has 2 aromatic rings. The highest BCUT2D eigenvalue weighted by Gasteiger charge is 2.11. The molecule has 2 N–H and O–H groups in total. The first-order chi connectivity index (χ1) is 10.5. The van der Waals surface area contributed by atoms with Gasteiger partial charge in [0.05, 0.1) is 18.2 Å². The van der Waals surface area contributed by atoms with Crippen LogP contribution < -0.4 is 10.2 Å². The van der Waals surface area contributed by atoms with Crippen molar-refractivity contribution in [3.63, 3.8) is 0 Å². The number of anilines is 1. The maximum atomic E-state index is 10.9. The highest BCUT2D eigenvalue weighted by molar-refractivity contribution is 9.10. The number of phenolic OH excluding ortho intramolecular Hbond substituents is 1. The molecule has 0 amide bonds. The van der Waals surface area contributed by atoms with Gasteiger partial charge in [-0.15, -0.1) is 0 Å². The number of halogens is 1. The highest BCUT2D eigenvalue weighted by Crippen LogP contribution is 2.32. The highest BCUT2D eigenvalue weighted by atomic mass is 79.9. The van der Waals surface area contributed by atoms with Crippen molar-refractivity contribution in [2.24, 2.45) is 5.10 Å². The average Bonchev–Trinajstić information content (AvgIpc) is 2.50.